The van der Waals surface area contributed by atoms with E-state index in [1.54, 1.807) is 6.26 Å². The maximum atomic E-state index is 12.3. The summed E-state index contributed by atoms with van der Waals surface area (Å²) in [5.41, 5.74) is 5.19. The van der Waals surface area contributed by atoms with Gasteiger partial charge >= 0.3 is 5.97 Å². The normalized spacial score (nSPS) is 11.2. The highest BCUT2D eigenvalue weighted by Crippen LogP contribution is 2.25. The molecule has 2 aromatic carbocycles. The lowest BCUT2D eigenvalue weighted by molar-refractivity contribution is -0.133. The quantitative estimate of drug-likeness (QED) is 0.482. The summed E-state index contributed by atoms with van der Waals surface area (Å²) in [6, 6.07) is 11.8. The van der Waals surface area contributed by atoms with Crippen molar-refractivity contribution in [3.8, 4) is 5.75 Å². The lowest BCUT2D eigenvalue weighted by Gasteiger charge is -2.11. The van der Waals surface area contributed by atoms with E-state index in [1.165, 1.54) is 5.56 Å². The van der Waals surface area contributed by atoms with Gasteiger partial charge in [-0.2, -0.15) is 0 Å². The molecule has 0 spiro atoms. The Bertz CT molecular complexity index is 887. The third-order valence-electron chi connectivity index (χ3n) is 4.24. The van der Waals surface area contributed by atoms with Crippen LogP contribution in [0.2, 0.25) is 0 Å². The number of ether oxygens (including phenoxy) is 1. The summed E-state index contributed by atoms with van der Waals surface area (Å²) in [4.78, 5) is 12.3. The molecule has 3 heteroatoms. The van der Waals surface area contributed by atoms with Gasteiger partial charge in [0.25, 0.3) is 0 Å². The average Bonchev–Trinajstić information content (AvgIpc) is 2.88. The maximum Gasteiger partial charge on any atom is 0.315 e. The van der Waals surface area contributed by atoms with Gasteiger partial charge in [-0.3, -0.25) is 4.79 Å². The zero-order valence-corrected chi connectivity index (χ0v) is 14.6. The van der Waals surface area contributed by atoms with Gasteiger partial charge in [0.2, 0.25) is 0 Å². The van der Waals surface area contributed by atoms with Gasteiger partial charge in [-0.25, -0.2) is 0 Å². The largest absolute Gasteiger partial charge is 0.464 e. The van der Waals surface area contributed by atoms with E-state index in [0.29, 0.717) is 11.7 Å². The molecule has 0 radical (unpaired) electrons. The first-order valence-electron chi connectivity index (χ1n) is 8.22. The smallest absolute Gasteiger partial charge is 0.315 e. The van der Waals surface area contributed by atoms with Gasteiger partial charge in [-0.05, 0) is 54.7 Å². The first-order valence-corrected chi connectivity index (χ1v) is 8.22. The van der Waals surface area contributed by atoms with Crippen molar-refractivity contribution < 1.29 is 13.9 Å². The summed E-state index contributed by atoms with van der Waals surface area (Å²) in [7, 11) is 0. The summed E-state index contributed by atoms with van der Waals surface area (Å²) in [6.07, 6.45) is 1.83. The number of hydrogen-bond acceptors (Lipinski definition) is 3. The van der Waals surface area contributed by atoms with Gasteiger partial charge < -0.3 is 9.15 Å². The summed E-state index contributed by atoms with van der Waals surface area (Å²) in [6.45, 7) is 8.36. The zero-order valence-electron chi connectivity index (χ0n) is 14.6. The van der Waals surface area contributed by atoms with Crippen LogP contribution in [0.25, 0.3) is 11.0 Å². The Labute approximate surface area is 142 Å². The molecule has 0 bridgehead atoms. The molecule has 3 aromatic rings. The van der Waals surface area contributed by atoms with E-state index in [0.717, 1.165) is 27.7 Å². The molecule has 1 heterocycles. The molecule has 0 unspecified atom stereocenters. The lowest BCUT2D eigenvalue weighted by Crippen LogP contribution is -2.11. The van der Waals surface area contributed by atoms with E-state index in [9.17, 15) is 4.79 Å². The van der Waals surface area contributed by atoms with Crippen LogP contribution in [0.15, 0.2) is 47.1 Å². The van der Waals surface area contributed by atoms with Crippen LogP contribution in [0.3, 0.4) is 0 Å². The first kappa shape index (κ1) is 16.3. The molecule has 0 amide bonds. The van der Waals surface area contributed by atoms with Crippen molar-refractivity contribution in [2.24, 2.45) is 0 Å². The van der Waals surface area contributed by atoms with Crippen LogP contribution in [-0.4, -0.2) is 5.97 Å². The van der Waals surface area contributed by atoms with Crippen LogP contribution < -0.4 is 4.74 Å². The van der Waals surface area contributed by atoms with E-state index in [1.807, 2.05) is 50.2 Å². The number of aryl methyl sites for hydroxylation is 2. The lowest BCUT2D eigenvalue weighted by atomic mass is 9.98. The highest BCUT2D eigenvalue weighted by atomic mass is 16.5. The Hall–Kier alpha value is -2.55. The molecular weight excluding hydrogens is 300 g/mol. The fourth-order valence-electron chi connectivity index (χ4n) is 3.01. The predicted molar refractivity (Wildman–Crippen MR) is 95.6 cm³/mol. The number of furan rings is 1. The second-order valence-electron chi connectivity index (χ2n) is 6.58. The molecule has 3 rings (SSSR count). The van der Waals surface area contributed by atoms with Gasteiger partial charge in [-0.15, -0.1) is 0 Å². The molecule has 3 nitrogen and oxygen atoms in total. The Kier molecular flexibility index (Phi) is 4.43. The fraction of sp³-hybridized carbons (Fsp3) is 0.286. The number of hydrogen-bond donors (Lipinski definition) is 0. The number of carbonyl (C=O) groups is 1. The molecule has 0 saturated heterocycles. The summed E-state index contributed by atoms with van der Waals surface area (Å²) >= 11 is 0. The van der Waals surface area contributed by atoms with Crippen LogP contribution in [0.5, 0.6) is 5.75 Å². The van der Waals surface area contributed by atoms with E-state index < -0.39 is 0 Å². The van der Waals surface area contributed by atoms with Crippen molar-refractivity contribution in [1.29, 1.82) is 0 Å². The van der Waals surface area contributed by atoms with Crippen molar-refractivity contribution in [3.63, 3.8) is 0 Å². The molecule has 0 aliphatic heterocycles. The average molecular weight is 322 g/mol. The SMILES string of the molecule is Cc1ccc2c(CC(=O)Oc3ccc(C(C)C)c(C)c3)coc2c1. The minimum atomic E-state index is -0.282. The first-order chi connectivity index (χ1) is 11.4. The van der Waals surface area contributed by atoms with Crippen LogP contribution in [0, 0.1) is 13.8 Å². The Morgan fingerprint density at radius 1 is 1.12 bits per heavy atom. The van der Waals surface area contributed by atoms with Gasteiger partial charge in [0.15, 0.2) is 0 Å². The minimum Gasteiger partial charge on any atom is -0.464 e. The molecule has 0 N–H and O–H groups in total. The molecule has 0 fully saturated rings. The molecule has 0 saturated carbocycles. The van der Waals surface area contributed by atoms with Crippen molar-refractivity contribution in [3.05, 3.63) is 64.9 Å². The van der Waals surface area contributed by atoms with Crippen molar-refractivity contribution in [2.45, 2.75) is 40.0 Å². The van der Waals surface area contributed by atoms with Gasteiger partial charge in [0.1, 0.15) is 11.3 Å². The molecule has 124 valence electrons. The maximum absolute atomic E-state index is 12.3. The second-order valence-corrected chi connectivity index (χ2v) is 6.58. The summed E-state index contributed by atoms with van der Waals surface area (Å²) in [5, 5.41) is 0.962. The van der Waals surface area contributed by atoms with Crippen LogP contribution in [0.1, 0.15) is 42.0 Å². The molecule has 24 heavy (non-hydrogen) atoms. The van der Waals surface area contributed by atoms with E-state index in [4.69, 9.17) is 9.15 Å². The molecular formula is C21H22O3. The Balaban J connectivity index is 1.74. The van der Waals surface area contributed by atoms with E-state index >= 15 is 0 Å². The Morgan fingerprint density at radius 2 is 1.92 bits per heavy atom. The number of carbonyl (C=O) groups excluding carboxylic acids is 1. The number of esters is 1. The molecule has 0 aliphatic carbocycles. The van der Waals surface area contributed by atoms with E-state index in [-0.39, 0.29) is 12.4 Å². The molecule has 0 aliphatic rings. The predicted octanol–water partition coefficient (Wildman–Crippen LogP) is 5.32. The minimum absolute atomic E-state index is 0.195. The standard InChI is InChI=1S/C21H22O3/c1-13(2)18-8-6-17(10-15(18)4)24-21(22)11-16-12-23-20-9-14(3)5-7-19(16)20/h5-10,12-13H,11H2,1-4H3. The number of fused-ring (bicyclic) bond motifs is 1. The molecule has 1 aromatic heterocycles. The highest BCUT2D eigenvalue weighted by Gasteiger charge is 2.13. The van der Waals surface area contributed by atoms with Crippen molar-refractivity contribution >= 4 is 16.9 Å². The topological polar surface area (TPSA) is 39.4 Å². The van der Waals surface area contributed by atoms with Gasteiger partial charge in [0.05, 0.1) is 12.7 Å². The third kappa shape index (κ3) is 3.35. The van der Waals surface area contributed by atoms with Gasteiger partial charge in [-0.1, -0.05) is 32.0 Å². The van der Waals surface area contributed by atoms with Crippen LogP contribution in [-0.2, 0) is 11.2 Å². The van der Waals surface area contributed by atoms with Gasteiger partial charge in [0, 0.05) is 10.9 Å². The molecule has 0 atom stereocenters. The zero-order chi connectivity index (χ0) is 17.3. The second kappa shape index (κ2) is 6.52. The van der Waals surface area contributed by atoms with E-state index in [2.05, 4.69) is 13.8 Å². The van der Waals surface area contributed by atoms with Crippen molar-refractivity contribution in [1.82, 2.24) is 0 Å². The number of rotatable bonds is 4. The highest BCUT2D eigenvalue weighted by molar-refractivity contribution is 5.86. The summed E-state index contributed by atoms with van der Waals surface area (Å²) < 4.78 is 11.0. The summed E-state index contributed by atoms with van der Waals surface area (Å²) in [5.74, 6) is 0.760. The van der Waals surface area contributed by atoms with Crippen molar-refractivity contribution in [2.75, 3.05) is 0 Å². The fourth-order valence-corrected chi connectivity index (χ4v) is 3.01. The van der Waals surface area contributed by atoms with Crippen LogP contribution >= 0.6 is 0 Å². The van der Waals surface area contributed by atoms with Crippen LogP contribution in [0.4, 0.5) is 0 Å². The monoisotopic (exact) mass is 322 g/mol. The number of benzene rings is 2. The Morgan fingerprint density at radius 3 is 2.62 bits per heavy atom. The third-order valence-corrected chi connectivity index (χ3v) is 4.24.